The number of benzene rings is 2. The number of aryl methyl sites for hydroxylation is 1. The van der Waals surface area contributed by atoms with Crippen molar-refractivity contribution in [3.05, 3.63) is 64.7 Å². The van der Waals surface area contributed by atoms with Crippen molar-refractivity contribution < 1.29 is 19.1 Å². The van der Waals surface area contributed by atoms with Gasteiger partial charge in [-0.05, 0) is 50.2 Å². The van der Waals surface area contributed by atoms with E-state index >= 15 is 0 Å². The molecule has 0 saturated heterocycles. The largest absolute Gasteiger partial charge is 0.495 e. The summed E-state index contributed by atoms with van der Waals surface area (Å²) in [5.74, 6) is -0.328. The molecule has 0 radical (unpaired) electrons. The molecule has 3 amide bonds. The number of thioether (sulfide) groups is 1. The van der Waals surface area contributed by atoms with Crippen LogP contribution in [-0.4, -0.2) is 35.1 Å². The van der Waals surface area contributed by atoms with Crippen LogP contribution in [0.1, 0.15) is 27.9 Å². The summed E-state index contributed by atoms with van der Waals surface area (Å²) in [6.45, 7) is 3.59. The summed E-state index contributed by atoms with van der Waals surface area (Å²) in [5.41, 5.74) is 7.60. The van der Waals surface area contributed by atoms with Crippen LogP contribution in [0, 0.1) is 6.92 Å². The monoisotopic (exact) mass is 484 g/mol. The molecule has 3 aromatic rings. The fraction of sp³-hybridized carbons (Fsp3) is 0.217. The first-order chi connectivity index (χ1) is 15.8. The number of nitrogens with one attached hydrogen (secondary N) is 2. The van der Waals surface area contributed by atoms with Gasteiger partial charge in [0.05, 0.1) is 30.2 Å². The Morgan fingerprint density at radius 1 is 1.12 bits per heavy atom. The van der Waals surface area contributed by atoms with Crippen LogP contribution in [0.3, 0.4) is 0 Å². The van der Waals surface area contributed by atoms with Gasteiger partial charge in [0, 0.05) is 16.1 Å². The highest BCUT2D eigenvalue weighted by molar-refractivity contribution is 8.02. The fourth-order valence-corrected chi connectivity index (χ4v) is 5.26. The summed E-state index contributed by atoms with van der Waals surface area (Å²) in [4.78, 5) is 41.5. The van der Waals surface area contributed by atoms with E-state index < -0.39 is 11.2 Å². The second-order valence-corrected chi connectivity index (χ2v) is 9.78. The zero-order valence-corrected chi connectivity index (χ0v) is 20.0. The fourth-order valence-electron chi connectivity index (χ4n) is 2.87. The number of primary amides is 1. The van der Waals surface area contributed by atoms with Crippen LogP contribution < -0.4 is 21.1 Å². The number of carbonyl (C=O) groups excluding carboxylic acids is 3. The smallest absolute Gasteiger partial charge is 0.255 e. The number of hydrogen-bond donors (Lipinski definition) is 3. The van der Waals surface area contributed by atoms with Gasteiger partial charge in [0.15, 0.2) is 4.34 Å². The van der Waals surface area contributed by atoms with Crippen LogP contribution in [0.5, 0.6) is 5.75 Å². The Bertz CT molecular complexity index is 1160. The first-order valence-corrected chi connectivity index (χ1v) is 11.7. The molecule has 1 atom stereocenters. The van der Waals surface area contributed by atoms with E-state index in [0.29, 0.717) is 27.0 Å². The van der Waals surface area contributed by atoms with E-state index in [9.17, 15) is 14.4 Å². The summed E-state index contributed by atoms with van der Waals surface area (Å²) in [5, 5.41) is 5.24. The van der Waals surface area contributed by atoms with E-state index in [1.54, 1.807) is 43.3 Å². The number of methoxy groups -OCH3 is 1. The Morgan fingerprint density at radius 3 is 2.48 bits per heavy atom. The predicted molar refractivity (Wildman–Crippen MR) is 131 cm³/mol. The van der Waals surface area contributed by atoms with Crippen LogP contribution in [0.4, 0.5) is 11.4 Å². The Kier molecular flexibility index (Phi) is 8.07. The Labute approximate surface area is 199 Å². The van der Waals surface area contributed by atoms with E-state index in [4.69, 9.17) is 10.5 Å². The van der Waals surface area contributed by atoms with E-state index in [-0.39, 0.29) is 18.2 Å². The van der Waals surface area contributed by atoms with Crippen molar-refractivity contribution >= 4 is 52.2 Å². The molecule has 4 N–H and O–H groups in total. The van der Waals surface area contributed by atoms with Crippen molar-refractivity contribution in [2.24, 2.45) is 5.73 Å². The number of thiazole rings is 1. The molecule has 0 aliphatic rings. The lowest BCUT2D eigenvalue weighted by Crippen LogP contribution is -2.22. The lowest BCUT2D eigenvalue weighted by Gasteiger charge is -2.12. The zero-order chi connectivity index (χ0) is 24.0. The molecule has 33 heavy (non-hydrogen) atoms. The summed E-state index contributed by atoms with van der Waals surface area (Å²) in [6.07, 6.45) is 0.140. The molecular formula is C23H24N4O4S2. The van der Waals surface area contributed by atoms with Gasteiger partial charge >= 0.3 is 0 Å². The molecule has 1 heterocycles. The minimum Gasteiger partial charge on any atom is -0.495 e. The molecule has 0 fully saturated rings. The van der Waals surface area contributed by atoms with Gasteiger partial charge in [-0.1, -0.05) is 23.9 Å². The zero-order valence-electron chi connectivity index (χ0n) is 18.4. The summed E-state index contributed by atoms with van der Waals surface area (Å²) < 4.78 is 5.95. The van der Waals surface area contributed by atoms with Crippen LogP contribution in [-0.2, 0) is 16.0 Å². The maximum Gasteiger partial charge on any atom is 0.255 e. The van der Waals surface area contributed by atoms with Gasteiger partial charge in [-0.3, -0.25) is 14.4 Å². The minimum atomic E-state index is -0.413. The highest BCUT2D eigenvalue weighted by Gasteiger charge is 2.19. The third-order valence-electron chi connectivity index (χ3n) is 4.62. The number of ether oxygens (including phenoxy) is 1. The molecule has 172 valence electrons. The number of para-hydroxylation sites is 2. The van der Waals surface area contributed by atoms with E-state index in [1.165, 1.54) is 30.2 Å². The first kappa shape index (κ1) is 24.3. The molecular weight excluding hydrogens is 460 g/mol. The Morgan fingerprint density at radius 2 is 1.82 bits per heavy atom. The number of hydrogen-bond acceptors (Lipinski definition) is 7. The average molecular weight is 485 g/mol. The SMILES string of the molecule is COc1ccccc1NC(=O)c1ccc(NC(=O)C(C)Sc2nc(C)c(CC(N)=O)s2)cc1. The van der Waals surface area contributed by atoms with Crippen molar-refractivity contribution in [1.29, 1.82) is 0 Å². The normalized spacial score (nSPS) is 11.5. The lowest BCUT2D eigenvalue weighted by molar-refractivity contribution is -0.117. The third kappa shape index (κ3) is 6.56. The van der Waals surface area contributed by atoms with Crippen LogP contribution >= 0.6 is 23.1 Å². The number of amides is 3. The number of carbonyl (C=O) groups is 3. The molecule has 10 heteroatoms. The van der Waals surface area contributed by atoms with Gasteiger partial charge in [-0.15, -0.1) is 11.3 Å². The predicted octanol–water partition coefficient (Wildman–Crippen LogP) is 3.86. The van der Waals surface area contributed by atoms with Crippen molar-refractivity contribution in [2.45, 2.75) is 29.9 Å². The lowest BCUT2D eigenvalue weighted by atomic mass is 10.2. The van der Waals surface area contributed by atoms with Crippen molar-refractivity contribution in [3.63, 3.8) is 0 Å². The van der Waals surface area contributed by atoms with Crippen molar-refractivity contribution in [3.8, 4) is 5.75 Å². The van der Waals surface area contributed by atoms with E-state index in [2.05, 4.69) is 15.6 Å². The third-order valence-corrected chi connectivity index (χ3v) is 6.98. The van der Waals surface area contributed by atoms with Gasteiger partial charge in [0.25, 0.3) is 5.91 Å². The maximum atomic E-state index is 12.6. The molecule has 0 spiro atoms. The van der Waals surface area contributed by atoms with E-state index in [1.807, 2.05) is 19.1 Å². The van der Waals surface area contributed by atoms with Crippen molar-refractivity contribution in [1.82, 2.24) is 4.98 Å². The summed E-state index contributed by atoms with van der Waals surface area (Å²) in [7, 11) is 1.54. The standard InChI is InChI=1S/C23H24N4O4S2/c1-13-19(12-20(24)28)33-23(25-13)32-14(2)21(29)26-16-10-8-15(9-11-16)22(30)27-17-6-4-5-7-18(17)31-3/h4-11,14H,12H2,1-3H3,(H2,24,28)(H,26,29)(H,27,30). The first-order valence-electron chi connectivity index (χ1n) is 10.0. The molecule has 0 aliphatic heterocycles. The highest BCUT2D eigenvalue weighted by Crippen LogP contribution is 2.31. The topological polar surface area (TPSA) is 123 Å². The average Bonchev–Trinajstić information content (AvgIpc) is 3.12. The second-order valence-electron chi connectivity index (χ2n) is 7.11. The van der Waals surface area contributed by atoms with Crippen LogP contribution in [0.2, 0.25) is 0 Å². The van der Waals surface area contributed by atoms with Gasteiger partial charge in [0.1, 0.15) is 5.75 Å². The number of nitrogens with two attached hydrogens (primary N) is 1. The molecule has 8 nitrogen and oxygen atoms in total. The van der Waals surface area contributed by atoms with Gasteiger partial charge in [0.2, 0.25) is 11.8 Å². The Hall–Kier alpha value is -3.37. The Balaban J connectivity index is 1.58. The minimum absolute atomic E-state index is 0.140. The van der Waals surface area contributed by atoms with Gasteiger partial charge in [-0.25, -0.2) is 4.98 Å². The maximum absolute atomic E-state index is 12.6. The molecule has 1 unspecified atom stereocenters. The molecule has 0 saturated carbocycles. The van der Waals surface area contributed by atoms with Crippen LogP contribution in [0.25, 0.3) is 0 Å². The van der Waals surface area contributed by atoms with Crippen LogP contribution in [0.15, 0.2) is 52.9 Å². The number of anilines is 2. The molecule has 3 rings (SSSR count). The molecule has 2 aromatic carbocycles. The quantitative estimate of drug-likeness (QED) is 0.396. The molecule has 0 bridgehead atoms. The van der Waals surface area contributed by atoms with Gasteiger partial charge < -0.3 is 21.1 Å². The van der Waals surface area contributed by atoms with E-state index in [0.717, 1.165) is 10.6 Å². The number of aromatic nitrogens is 1. The van der Waals surface area contributed by atoms with Crippen molar-refractivity contribution in [2.75, 3.05) is 17.7 Å². The summed E-state index contributed by atoms with van der Waals surface area (Å²) in [6, 6.07) is 13.8. The van der Waals surface area contributed by atoms with Gasteiger partial charge in [-0.2, -0.15) is 0 Å². The molecule has 1 aromatic heterocycles. The highest BCUT2D eigenvalue weighted by atomic mass is 32.2. The number of rotatable bonds is 9. The second kappa shape index (κ2) is 11.0. The summed E-state index contributed by atoms with van der Waals surface area (Å²) >= 11 is 2.68. The number of nitrogens with zero attached hydrogens (tertiary/aromatic N) is 1. The molecule has 0 aliphatic carbocycles.